The van der Waals surface area contributed by atoms with E-state index in [1.807, 2.05) is 6.07 Å². The smallest absolute Gasteiger partial charge is 0.343 e. The summed E-state index contributed by atoms with van der Waals surface area (Å²) < 4.78 is 11.5. The van der Waals surface area contributed by atoms with E-state index >= 15 is 0 Å². The first kappa shape index (κ1) is 21.5. The van der Waals surface area contributed by atoms with Crippen molar-refractivity contribution in [3.8, 4) is 11.5 Å². The number of carbonyl (C=O) groups is 2. The second kappa shape index (κ2) is 10.0. The standard InChI is InChI=1S/C22H16BrClN2O4/c1-29-20-11-14(13-25-26-21(27)15-6-8-18(24)9-7-15)5-10-19(20)30-22(28)16-3-2-4-17(23)12-16/h2-13H,1H3,(H,26,27). The molecule has 1 amide bonds. The average Bonchev–Trinajstić information content (AvgIpc) is 2.75. The number of rotatable bonds is 6. The van der Waals surface area contributed by atoms with Crippen LogP contribution in [0.1, 0.15) is 26.3 Å². The van der Waals surface area contributed by atoms with E-state index in [1.165, 1.54) is 13.3 Å². The van der Waals surface area contributed by atoms with E-state index in [2.05, 4.69) is 26.5 Å². The molecular weight excluding hydrogens is 472 g/mol. The van der Waals surface area contributed by atoms with Gasteiger partial charge in [-0.2, -0.15) is 5.10 Å². The monoisotopic (exact) mass is 486 g/mol. The molecule has 0 spiro atoms. The molecule has 6 nitrogen and oxygen atoms in total. The predicted molar refractivity (Wildman–Crippen MR) is 119 cm³/mol. The maximum atomic E-state index is 12.3. The molecule has 0 bridgehead atoms. The van der Waals surface area contributed by atoms with Gasteiger partial charge < -0.3 is 9.47 Å². The van der Waals surface area contributed by atoms with Crippen molar-refractivity contribution in [1.82, 2.24) is 5.43 Å². The second-order valence-electron chi connectivity index (χ2n) is 6.02. The van der Waals surface area contributed by atoms with Gasteiger partial charge in [-0.05, 0) is 66.2 Å². The van der Waals surface area contributed by atoms with Gasteiger partial charge in [0.1, 0.15) is 0 Å². The van der Waals surface area contributed by atoms with Gasteiger partial charge >= 0.3 is 5.97 Å². The van der Waals surface area contributed by atoms with Crippen molar-refractivity contribution in [2.75, 3.05) is 7.11 Å². The fourth-order valence-corrected chi connectivity index (χ4v) is 2.98. The van der Waals surface area contributed by atoms with Crippen molar-refractivity contribution >= 4 is 45.6 Å². The minimum atomic E-state index is -0.508. The number of ether oxygens (including phenoxy) is 2. The predicted octanol–water partition coefficient (Wildman–Crippen LogP) is 5.09. The van der Waals surface area contributed by atoms with Gasteiger partial charge in [-0.3, -0.25) is 4.79 Å². The molecule has 0 radical (unpaired) electrons. The van der Waals surface area contributed by atoms with Gasteiger partial charge in [0.15, 0.2) is 11.5 Å². The molecule has 0 aliphatic carbocycles. The van der Waals surface area contributed by atoms with E-state index in [4.69, 9.17) is 21.1 Å². The molecule has 30 heavy (non-hydrogen) atoms. The van der Waals surface area contributed by atoms with Crippen LogP contribution in [-0.4, -0.2) is 25.2 Å². The average molecular weight is 488 g/mol. The van der Waals surface area contributed by atoms with E-state index in [0.29, 0.717) is 27.5 Å². The Morgan fingerprint density at radius 3 is 2.47 bits per heavy atom. The van der Waals surface area contributed by atoms with Crippen molar-refractivity contribution in [3.63, 3.8) is 0 Å². The Bertz CT molecular complexity index is 1100. The highest BCUT2D eigenvalue weighted by Gasteiger charge is 2.13. The Balaban J connectivity index is 1.67. The fourth-order valence-electron chi connectivity index (χ4n) is 2.45. The molecule has 3 aromatic carbocycles. The van der Waals surface area contributed by atoms with Gasteiger partial charge in [0.05, 0.1) is 18.9 Å². The Labute approximate surface area is 186 Å². The van der Waals surface area contributed by atoms with Crippen LogP contribution < -0.4 is 14.9 Å². The third-order valence-corrected chi connectivity index (χ3v) is 4.68. The normalized spacial score (nSPS) is 10.6. The zero-order valence-electron chi connectivity index (χ0n) is 15.8. The number of hydrazone groups is 1. The largest absolute Gasteiger partial charge is 0.493 e. The molecule has 3 rings (SSSR count). The summed E-state index contributed by atoms with van der Waals surface area (Å²) in [5.41, 5.74) is 3.92. The molecule has 3 aromatic rings. The number of hydrogen-bond donors (Lipinski definition) is 1. The van der Waals surface area contributed by atoms with Gasteiger partial charge in [-0.25, -0.2) is 10.2 Å². The Kier molecular flexibility index (Phi) is 7.21. The van der Waals surface area contributed by atoms with Gasteiger partial charge in [0.2, 0.25) is 0 Å². The lowest BCUT2D eigenvalue weighted by atomic mass is 10.2. The highest BCUT2D eigenvalue weighted by molar-refractivity contribution is 9.10. The molecule has 1 N–H and O–H groups in total. The van der Waals surface area contributed by atoms with Crippen LogP contribution in [0.3, 0.4) is 0 Å². The molecule has 0 aromatic heterocycles. The number of amides is 1. The number of esters is 1. The highest BCUT2D eigenvalue weighted by atomic mass is 79.9. The van der Waals surface area contributed by atoms with Crippen molar-refractivity contribution in [3.05, 3.63) is 92.9 Å². The van der Waals surface area contributed by atoms with E-state index in [9.17, 15) is 9.59 Å². The molecule has 0 aliphatic heterocycles. The van der Waals surface area contributed by atoms with Crippen LogP contribution in [0.5, 0.6) is 11.5 Å². The van der Waals surface area contributed by atoms with Gasteiger partial charge in [0.25, 0.3) is 5.91 Å². The molecule has 0 heterocycles. The molecule has 152 valence electrons. The van der Waals surface area contributed by atoms with Crippen molar-refractivity contribution < 1.29 is 19.1 Å². The SMILES string of the molecule is COc1cc(C=NNC(=O)c2ccc(Cl)cc2)ccc1OC(=O)c1cccc(Br)c1. The molecule has 0 saturated carbocycles. The third-order valence-electron chi connectivity index (χ3n) is 3.94. The number of nitrogens with one attached hydrogen (secondary N) is 1. The number of halogens is 2. The molecule has 0 saturated heterocycles. The third kappa shape index (κ3) is 5.68. The Hall–Kier alpha value is -3.16. The molecule has 8 heteroatoms. The summed E-state index contributed by atoms with van der Waals surface area (Å²) in [6.45, 7) is 0. The fraction of sp³-hybridized carbons (Fsp3) is 0.0455. The first-order valence-electron chi connectivity index (χ1n) is 8.71. The minimum Gasteiger partial charge on any atom is -0.493 e. The molecule has 0 fully saturated rings. The van der Waals surface area contributed by atoms with Crippen LogP contribution in [-0.2, 0) is 0 Å². The van der Waals surface area contributed by atoms with Crippen LogP contribution in [0.4, 0.5) is 0 Å². The maximum absolute atomic E-state index is 12.3. The van der Waals surface area contributed by atoms with Crippen LogP contribution in [0.25, 0.3) is 0 Å². The summed E-state index contributed by atoms with van der Waals surface area (Å²) in [6, 6.07) is 18.3. The maximum Gasteiger partial charge on any atom is 0.343 e. The van der Waals surface area contributed by atoms with Crippen LogP contribution >= 0.6 is 27.5 Å². The van der Waals surface area contributed by atoms with E-state index in [0.717, 1.165) is 4.47 Å². The van der Waals surface area contributed by atoms with Crippen molar-refractivity contribution in [1.29, 1.82) is 0 Å². The summed E-state index contributed by atoms with van der Waals surface area (Å²) in [7, 11) is 1.47. The van der Waals surface area contributed by atoms with Crippen molar-refractivity contribution in [2.24, 2.45) is 5.10 Å². The molecular formula is C22H16BrClN2O4. The number of methoxy groups -OCH3 is 1. The number of carbonyl (C=O) groups excluding carboxylic acids is 2. The summed E-state index contributed by atoms with van der Waals surface area (Å²) >= 11 is 9.13. The first-order chi connectivity index (χ1) is 14.5. The number of nitrogens with zero attached hydrogens (tertiary/aromatic N) is 1. The van der Waals surface area contributed by atoms with Crippen LogP contribution in [0.15, 0.2) is 76.3 Å². The number of benzene rings is 3. The van der Waals surface area contributed by atoms with Gasteiger partial charge in [-0.1, -0.05) is 33.6 Å². The van der Waals surface area contributed by atoms with E-state index in [-0.39, 0.29) is 11.7 Å². The van der Waals surface area contributed by atoms with Gasteiger partial charge in [-0.15, -0.1) is 0 Å². The quantitative estimate of drug-likeness (QED) is 0.227. The summed E-state index contributed by atoms with van der Waals surface area (Å²) in [5, 5.41) is 4.48. The Morgan fingerprint density at radius 1 is 1.00 bits per heavy atom. The molecule has 0 unspecified atom stereocenters. The van der Waals surface area contributed by atoms with Crippen molar-refractivity contribution in [2.45, 2.75) is 0 Å². The van der Waals surface area contributed by atoms with Crippen LogP contribution in [0, 0.1) is 0 Å². The van der Waals surface area contributed by atoms with Gasteiger partial charge in [0, 0.05) is 15.1 Å². The summed E-state index contributed by atoms with van der Waals surface area (Å²) in [6.07, 6.45) is 1.45. The summed E-state index contributed by atoms with van der Waals surface area (Å²) in [5.74, 6) is -0.253. The number of hydrogen-bond acceptors (Lipinski definition) is 5. The Morgan fingerprint density at radius 2 is 1.77 bits per heavy atom. The molecule has 0 atom stereocenters. The van der Waals surface area contributed by atoms with Crippen LogP contribution in [0.2, 0.25) is 5.02 Å². The van der Waals surface area contributed by atoms with E-state index in [1.54, 1.807) is 60.7 Å². The van der Waals surface area contributed by atoms with E-state index < -0.39 is 5.97 Å². The second-order valence-corrected chi connectivity index (χ2v) is 7.37. The zero-order chi connectivity index (χ0) is 21.5. The first-order valence-corrected chi connectivity index (χ1v) is 9.88. The topological polar surface area (TPSA) is 77.0 Å². The molecule has 0 aliphatic rings. The lowest BCUT2D eigenvalue weighted by Crippen LogP contribution is -2.17. The summed E-state index contributed by atoms with van der Waals surface area (Å²) in [4.78, 5) is 24.4. The highest BCUT2D eigenvalue weighted by Crippen LogP contribution is 2.28. The lowest BCUT2D eigenvalue weighted by molar-refractivity contribution is 0.0729. The lowest BCUT2D eigenvalue weighted by Gasteiger charge is -2.10. The zero-order valence-corrected chi connectivity index (χ0v) is 18.1. The minimum absolute atomic E-state index is 0.268.